The normalized spacial score (nSPS) is 17.4. The van der Waals surface area contributed by atoms with Crippen LogP contribution in [-0.4, -0.2) is 53.7 Å². The number of rotatable bonds is 7. The van der Waals surface area contributed by atoms with E-state index in [2.05, 4.69) is 29.4 Å². The Hall–Kier alpha value is -1.30. The number of nitrogens with one attached hydrogen (secondary N) is 2. The van der Waals surface area contributed by atoms with Crippen LogP contribution in [0.1, 0.15) is 46.0 Å². The van der Waals surface area contributed by atoms with Crippen LogP contribution in [0.4, 0.5) is 4.79 Å². The Balaban J connectivity index is 2.37. The van der Waals surface area contributed by atoms with E-state index < -0.39 is 11.5 Å². The van der Waals surface area contributed by atoms with E-state index in [0.29, 0.717) is 12.6 Å². The van der Waals surface area contributed by atoms with Gasteiger partial charge in [0.1, 0.15) is 0 Å². The number of carbonyl (C=O) groups is 2. The van der Waals surface area contributed by atoms with Gasteiger partial charge in [-0.3, -0.25) is 4.79 Å². The molecule has 0 heterocycles. The Kier molecular flexibility index (Phi) is 6.26. The summed E-state index contributed by atoms with van der Waals surface area (Å²) < 4.78 is 0. The average molecular weight is 285 g/mol. The van der Waals surface area contributed by atoms with E-state index in [1.807, 2.05) is 7.05 Å². The highest BCUT2D eigenvalue weighted by Gasteiger charge is 2.37. The molecule has 116 valence electrons. The second-order valence-electron chi connectivity index (χ2n) is 6.01. The Labute approximate surface area is 120 Å². The van der Waals surface area contributed by atoms with Crippen LogP contribution in [0.15, 0.2) is 0 Å². The number of carboxylic acid groups (broad SMARTS) is 1. The zero-order chi connectivity index (χ0) is 15.2. The highest BCUT2D eigenvalue weighted by Crippen LogP contribution is 2.32. The van der Waals surface area contributed by atoms with Crippen molar-refractivity contribution in [2.45, 2.75) is 57.5 Å². The number of hydrogen-bond acceptors (Lipinski definition) is 3. The third-order valence-corrected chi connectivity index (χ3v) is 4.06. The largest absolute Gasteiger partial charge is 0.481 e. The smallest absolute Gasteiger partial charge is 0.315 e. The zero-order valence-corrected chi connectivity index (χ0v) is 12.7. The van der Waals surface area contributed by atoms with Crippen molar-refractivity contribution in [3.63, 3.8) is 0 Å². The minimum Gasteiger partial charge on any atom is -0.481 e. The molecular weight excluding hydrogens is 258 g/mol. The molecule has 1 fully saturated rings. The van der Waals surface area contributed by atoms with Crippen molar-refractivity contribution in [3.05, 3.63) is 0 Å². The fourth-order valence-electron chi connectivity index (χ4n) is 2.58. The topological polar surface area (TPSA) is 81.7 Å². The van der Waals surface area contributed by atoms with Gasteiger partial charge in [0.2, 0.25) is 0 Å². The summed E-state index contributed by atoms with van der Waals surface area (Å²) in [5, 5.41) is 14.7. The summed E-state index contributed by atoms with van der Waals surface area (Å²) in [6.45, 7) is 5.53. The predicted molar refractivity (Wildman–Crippen MR) is 77.8 cm³/mol. The molecule has 1 aliphatic rings. The maximum absolute atomic E-state index is 11.9. The SMILES string of the molecule is CC(C)N(C)CCNC(=O)NC1(CC(=O)O)CCCC1. The first-order valence-corrected chi connectivity index (χ1v) is 7.33. The summed E-state index contributed by atoms with van der Waals surface area (Å²) in [7, 11) is 2.01. The summed E-state index contributed by atoms with van der Waals surface area (Å²) in [5.74, 6) is -0.855. The minimum atomic E-state index is -0.855. The van der Waals surface area contributed by atoms with Crippen molar-refractivity contribution in [2.24, 2.45) is 0 Å². The van der Waals surface area contributed by atoms with Gasteiger partial charge in [-0.15, -0.1) is 0 Å². The molecule has 1 aliphatic carbocycles. The lowest BCUT2D eigenvalue weighted by Gasteiger charge is -2.29. The molecule has 6 heteroatoms. The lowest BCUT2D eigenvalue weighted by Crippen LogP contribution is -2.52. The van der Waals surface area contributed by atoms with Crippen molar-refractivity contribution < 1.29 is 14.7 Å². The fourth-order valence-corrected chi connectivity index (χ4v) is 2.58. The van der Waals surface area contributed by atoms with Crippen LogP contribution >= 0.6 is 0 Å². The first-order valence-electron chi connectivity index (χ1n) is 7.33. The van der Waals surface area contributed by atoms with E-state index >= 15 is 0 Å². The Morgan fingerprint density at radius 2 is 1.90 bits per heavy atom. The van der Waals surface area contributed by atoms with Gasteiger partial charge >= 0.3 is 12.0 Å². The van der Waals surface area contributed by atoms with Gasteiger partial charge in [0.05, 0.1) is 12.0 Å². The second kappa shape index (κ2) is 7.47. The lowest BCUT2D eigenvalue weighted by atomic mass is 9.93. The van der Waals surface area contributed by atoms with Crippen molar-refractivity contribution in [2.75, 3.05) is 20.1 Å². The van der Waals surface area contributed by atoms with Crippen LogP contribution in [0.3, 0.4) is 0 Å². The van der Waals surface area contributed by atoms with Crippen molar-refractivity contribution in [3.8, 4) is 0 Å². The molecule has 1 rings (SSSR count). The number of aliphatic carboxylic acids is 1. The van der Waals surface area contributed by atoms with Crippen LogP contribution in [0.25, 0.3) is 0 Å². The molecule has 0 atom stereocenters. The summed E-state index contributed by atoms with van der Waals surface area (Å²) in [6.07, 6.45) is 3.46. The second-order valence-corrected chi connectivity index (χ2v) is 6.01. The molecule has 0 unspecified atom stereocenters. The molecule has 0 bridgehead atoms. The minimum absolute atomic E-state index is 0.00627. The van der Waals surface area contributed by atoms with Crippen LogP contribution in [0.5, 0.6) is 0 Å². The quantitative estimate of drug-likeness (QED) is 0.660. The molecule has 0 aromatic rings. The van der Waals surface area contributed by atoms with Gasteiger partial charge in [-0.1, -0.05) is 12.8 Å². The molecular formula is C14H27N3O3. The molecule has 3 N–H and O–H groups in total. The van der Waals surface area contributed by atoms with Gasteiger partial charge in [-0.05, 0) is 33.7 Å². The van der Waals surface area contributed by atoms with Gasteiger partial charge in [-0.25, -0.2) is 4.79 Å². The number of carboxylic acids is 1. The van der Waals surface area contributed by atoms with Crippen LogP contribution in [0, 0.1) is 0 Å². The van der Waals surface area contributed by atoms with Gasteiger partial charge in [0.25, 0.3) is 0 Å². The van der Waals surface area contributed by atoms with Crippen LogP contribution < -0.4 is 10.6 Å². The Morgan fingerprint density at radius 3 is 2.40 bits per heavy atom. The lowest BCUT2D eigenvalue weighted by molar-refractivity contribution is -0.138. The van der Waals surface area contributed by atoms with E-state index in [1.54, 1.807) is 0 Å². The van der Waals surface area contributed by atoms with Gasteiger partial charge in [-0.2, -0.15) is 0 Å². The number of nitrogens with zero attached hydrogens (tertiary/aromatic N) is 1. The highest BCUT2D eigenvalue weighted by atomic mass is 16.4. The Bertz CT molecular complexity index is 339. The van der Waals surface area contributed by atoms with E-state index in [4.69, 9.17) is 5.11 Å². The fraction of sp³-hybridized carbons (Fsp3) is 0.857. The van der Waals surface area contributed by atoms with E-state index in [9.17, 15) is 9.59 Å². The maximum atomic E-state index is 11.9. The number of urea groups is 1. The Morgan fingerprint density at radius 1 is 1.30 bits per heavy atom. The molecule has 20 heavy (non-hydrogen) atoms. The van der Waals surface area contributed by atoms with Gasteiger partial charge in [0, 0.05) is 19.1 Å². The number of amides is 2. The number of likely N-dealkylation sites (N-methyl/N-ethyl adjacent to an activating group) is 1. The molecule has 0 aromatic heterocycles. The van der Waals surface area contributed by atoms with E-state index in [1.165, 1.54) is 0 Å². The van der Waals surface area contributed by atoms with Crippen LogP contribution in [-0.2, 0) is 4.79 Å². The van der Waals surface area contributed by atoms with Crippen molar-refractivity contribution in [1.29, 1.82) is 0 Å². The zero-order valence-electron chi connectivity index (χ0n) is 12.7. The highest BCUT2D eigenvalue weighted by molar-refractivity contribution is 5.76. The standard InChI is InChI=1S/C14H27N3O3/c1-11(2)17(3)9-8-15-13(20)16-14(10-12(18)19)6-4-5-7-14/h11H,4-10H2,1-3H3,(H,18,19)(H2,15,16,20). The molecule has 0 saturated heterocycles. The predicted octanol–water partition coefficient (Wildman–Crippen LogP) is 1.41. The first-order chi connectivity index (χ1) is 9.34. The summed E-state index contributed by atoms with van der Waals surface area (Å²) in [5.41, 5.74) is -0.556. The molecule has 0 spiro atoms. The van der Waals surface area contributed by atoms with E-state index in [0.717, 1.165) is 32.2 Å². The molecule has 0 aromatic carbocycles. The number of hydrogen-bond donors (Lipinski definition) is 3. The summed E-state index contributed by atoms with van der Waals surface area (Å²) in [6, 6.07) is 0.179. The number of carbonyl (C=O) groups excluding carboxylic acids is 1. The van der Waals surface area contributed by atoms with E-state index in [-0.39, 0.29) is 12.5 Å². The third-order valence-electron chi connectivity index (χ3n) is 4.06. The van der Waals surface area contributed by atoms with Crippen molar-refractivity contribution in [1.82, 2.24) is 15.5 Å². The van der Waals surface area contributed by atoms with Crippen molar-refractivity contribution >= 4 is 12.0 Å². The molecule has 1 saturated carbocycles. The first kappa shape index (κ1) is 16.8. The monoisotopic (exact) mass is 285 g/mol. The van der Waals surface area contributed by atoms with Crippen LogP contribution in [0.2, 0.25) is 0 Å². The summed E-state index contributed by atoms with van der Waals surface area (Å²) in [4.78, 5) is 25.0. The average Bonchev–Trinajstić information content (AvgIpc) is 2.75. The third kappa shape index (κ3) is 5.36. The van der Waals surface area contributed by atoms with Gasteiger partial charge in [0.15, 0.2) is 0 Å². The molecule has 0 aliphatic heterocycles. The van der Waals surface area contributed by atoms with Gasteiger partial charge < -0.3 is 20.6 Å². The molecule has 6 nitrogen and oxygen atoms in total. The maximum Gasteiger partial charge on any atom is 0.315 e. The molecule has 2 amide bonds. The molecule has 0 radical (unpaired) electrons. The summed E-state index contributed by atoms with van der Waals surface area (Å²) >= 11 is 0.